The molecule has 18 heavy (non-hydrogen) atoms. The van der Waals surface area contributed by atoms with Gasteiger partial charge in [-0.1, -0.05) is 58.2 Å². The van der Waals surface area contributed by atoms with Gasteiger partial charge in [0.15, 0.2) is 0 Å². The molecule has 0 fully saturated rings. The van der Waals surface area contributed by atoms with Crippen molar-refractivity contribution in [3.8, 4) is 5.75 Å². The quantitative estimate of drug-likeness (QED) is 0.524. The van der Waals surface area contributed by atoms with Gasteiger partial charge in [-0.2, -0.15) is 0 Å². The molecular weight excluding hydrogens is 238 g/mol. The third kappa shape index (κ3) is 3.34. The fourth-order valence-corrected chi connectivity index (χ4v) is 7.01. The van der Waals surface area contributed by atoms with Gasteiger partial charge in [0.2, 0.25) is 0 Å². The highest BCUT2D eigenvalue weighted by Crippen LogP contribution is 2.26. The molecule has 1 aromatic heterocycles. The van der Waals surface area contributed by atoms with E-state index in [2.05, 4.69) is 32.0 Å². The predicted octanol–water partition coefficient (Wildman–Crippen LogP) is 3.98. The standard InChI is InChI=1S/C15H27NOSi/c1-5-8-9-12-18(6-2,7-3)15-13-16-11-10-14(15)17-4/h10-11,13H,5-9,12H2,1-4H3. The smallest absolute Gasteiger partial charge is 0.121 e. The molecule has 0 amide bonds. The van der Waals surface area contributed by atoms with Crippen LogP contribution in [0.4, 0.5) is 0 Å². The van der Waals surface area contributed by atoms with Crippen LogP contribution >= 0.6 is 0 Å². The first-order chi connectivity index (χ1) is 8.74. The van der Waals surface area contributed by atoms with Crippen LogP contribution in [0.1, 0.15) is 40.0 Å². The molecule has 0 bridgehead atoms. The lowest BCUT2D eigenvalue weighted by Crippen LogP contribution is -2.47. The van der Waals surface area contributed by atoms with Crippen molar-refractivity contribution in [3.05, 3.63) is 18.5 Å². The zero-order valence-electron chi connectivity index (χ0n) is 12.3. The molecule has 0 saturated carbocycles. The van der Waals surface area contributed by atoms with Crippen molar-refractivity contribution in [2.24, 2.45) is 0 Å². The van der Waals surface area contributed by atoms with E-state index < -0.39 is 8.07 Å². The first-order valence-electron chi connectivity index (χ1n) is 7.22. The van der Waals surface area contributed by atoms with E-state index in [9.17, 15) is 0 Å². The molecule has 0 aliphatic carbocycles. The summed E-state index contributed by atoms with van der Waals surface area (Å²) in [5.41, 5.74) is 0. The average molecular weight is 265 g/mol. The summed E-state index contributed by atoms with van der Waals surface area (Å²) >= 11 is 0. The second-order valence-electron chi connectivity index (χ2n) is 5.02. The van der Waals surface area contributed by atoms with Gasteiger partial charge in [-0.05, 0) is 11.3 Å². The fourth-order valence-electron chi connectivity index (χ4n) is 2.79. The maximum Gasteiger partial charge on any atom is 0.121 e. The molecule has 0 spiro atoms. The van der Waals surface area contributed by atoms with Crippen LogP contribution in [-0.4, -0.2) is 20.2 Å². The molecule has 0 unspecified atom stereocenters. The average Bonchev–Trinajstić information content (AvgIpc) is 2.44. The van der Waals surface area contributed by atoms with Crippen LogP contribution in [0.2, 0.25) is 18.1 Å². The molecule has 1 aromatic rings. The van der Waals surface area contributed by atoms with Gasteiger partial charge in [0.05, 0.1) is 15.2 Å². The van der Waals surface area contributed by atoms with Gasteiger partial charge in [0.25, 0.3) is 0 Å². The first-order valence-corrected chi connectivity index (χ1v) is 9.84. The molecule has 3 heteroatoms. The Kier molecular flexibility index (Phi) is 6.40. The molecule has 0 aliphatic heterocycles. The minimum atomic E-state index is -1.41. The number of nitrogens with zero attached hydrogens (tertiary/aromatic N) is 1. The Bertz CT molecular complexity index is 350. The normalized spacial score (nSPS) is 11.6. The minimum absolute atomic E-state index is 1.05. The Morgan fingerprint density at radius 3 is 2.44 bits per heavy atom. The zero-order valence-corrected chi connectivity index (χ0v) is 13.3. The van der Waals surface area contributed by atoms with Crippen LogP contribution < -0.4 is 9.92 Å². The summed E-state index contributed by atoms with van der Waals surface area (Å²) < 4.78 is 5.56. The van der Waals surface area contributed by atoms with E-state index in [1.165, 1.54) is 42.6 Å². The lowest BCUT2D eigenvalue weighted by molar-refractivity contribution is 0.417. The van der Waals surface area contributed by atoms with Crippen LogP contribution in [0.3, 0.4) is 0 Å². The highest BCUT2D eigenvalue weighted by atomic mass is 28.3. The Morgan fingerprint density at radius 1 is 1.17 bits per heavy atom. The Balaban J connectivity index is 3.01. The third-order valence-corrected chi connectivity index (χ3v) is 9.72. The second-order valence-corrected chi connectivity index (χ2v) is 10.0. The van der Waals surface area contributed by atoms with Gasteiger partial charge in [0, 0.05) is 12.4 Å². The summed E-state index contributed by atoms with van der Waals surface area (Å²) in [6.45, 7) is 6.95. The van der Waals surface area contributed by atoms with Crippen molar-refractivity contribution in [3.63, 3.8) is 0 Å². The minimum Gasteiger partial charge on any atom is -0.497 e. The Hall–Kier alpha value is -0.833. The summed E-state index contributed by atoms with van der Waals surface area (Å²) in [7, 11) is 0.363. The molecule has 0 atom stereocenters. The molecule has 0 N–H and O–H groups in total. The first kappa shape index (κ1) is 15.2. The number of methoxy groups -OCH3 is 1. The highest BCUT2D eigenvalue weighted by Gasteiger charge is 2.33. The second kappa shape index (κ2) is 7.57. The number of hydrogen-bond donors (Lipinski definition) is 0. The van der Waals surface area contributed by atoms with Crippen LogP contribution in [0, 0.1) is 0 Å². The van der Waals surface area contributed by atoms with E-state index in [1.807, 2.05) is 12.3 Å². The predicted molar refractivity (Wildman–Crippen MR) is 81.5 cm³/mol. The maximum atomic E-state index is 5.56. The molecule has 102 valence electrons. The van der Waals surface area contributed by atoms with E-state index >= 15 is 0 Å². The molecule has 1 rings (SSSR count). The van der Waals surface area contributed by atoms with Crippen LogP contribution in [0.5, 0.6) is 5.75 Å². The Morgan fingerprint density at radius 2 is 1.89 bits per heavy atom. The van der Waals surface area contributed by atoms with Gasteiger partial charge in [-0.3, -0.25) is 4.98 Å². The van der Waals surface area contributed by atoms with Gasteiger partial charge in [-0.25, -0.2) is 0 Å². The SMILES string of the molecule is CCCCC[Si](CC)(CC)c1cnccc1OC. The van der Waals surface area contributed by atoms with Crippen molar-refractivity contribution in [2.75, 3.05) is 7.11 Å². The molecule has 0 radical (unpaired) electrons. The number of unbranched alkanes of at least 4 members (excludes halogenated alkanes) is 2. The maximum absolute atomic E-state index is 5.56. The highest BCUT2D eigenvalue weighted by molar-refractivity contribution is 6.92. The Labute approximate surface area is 113 Å². The van der Waals surface area contributed by atoms with E-state index in [4.69, 9.17) is 4.74 Å². The van der Waals surface area contributed by atoms with Crippen molar-refractivity contribution in [1.82, 2.24) is 4.98 Å². The lowest BCUT2D eigenvalue weighted by atomic mass is 10.3. The van der Waals surface area contributed by atoms with Crippen LogP contribution in [-0.2, 0) is 0 Å². The van der Waals surface area contributed by atoms with Crippen LogP contribution in [0.15, 0.2) is 18.5 Å². The molecule has 1 heterocycles. The largest absolute Gasteiger partial charge is 0.497 e. The number of rotatable bonds is 8. The van der Waals surface area contributed by atoms with E-state index in [0.29, 0.717) is 0 Å². The van der Waals surface area contributed by atoms with Gasteiger partial charge >= 0.3 is 0 Å². The van der Waals surface area contributed by atoms with E-state index in [1.54, 1.807) is 7.11 Å². The summed E-state index contributed by atoms with van der Waals surface area (Å²) in [4.78, 5) is 4.34. The summed E-state index contributed by atoms with van der Waals surface area (Å²) in [5, 5.41) is 1.42. The van der Waals surface area contributed by atoms with Gasteiger partial charge < -0.3 is 4.74 Å². The number of ether oxygens (including phenoxy) is 1. The van der Waals surface area contributed by atoms with Gasteiger partial charge in [0.1, 0.15) is 5.75 Å². The monoisotopic (exact) mass is 265 g/mol. The summed E-state index contributed by atoms with van der Waals surface area (Å²) in [6, 6.07) is 5.96. The summed E-state index contributed by atoms with van der Waals surface area (Å²) in [5.74, 6) is 1.05. The van der Waals surface area contributed by atoms with Crippen molar-refractivity contribution < 1.29 is 4.74 Å². The number of hydrogen-bond acceptors (Lipinski definition) is 2. The summed E-state index contributed by atoms with van der Waals surface area (Å²) in [6.07, 6.45) is 7.88. The van der Waals surface area contributed by atoms with Gasteiger partial charge in [-0.15, -0.1) is 0 Å². The molecule has 0 aromatic carbocycles. The van der Waals surface area contributed by atoms with E-state index in [0.717, 1.165) is 5.75 Å². The molecule has 2 nitrogen and oxygen atoms in total. The van der Waals surface area contributed by atoms with Crippen molar-refractivity contribution in [1.29, 1.82) is 0 Å². The van der Waals surface area contributed by atoms with E-state index in [-0.39, 0.29) is 0 Å². The van der Waals surface area contributed by atoms with Crippen LogP contribution in [0.25, 0.3) is 0 Å². The fraction of sp³-hybridized carbons (Fsp3) is 0.667. The lowest BCUT2D eigenvalue weighted by Gasteiger charge is -2.31. The molecular formula is C15H27NOSi. The third-order valence-electron chi connectivity index (χ3n) is 4.18. The molecule has 0 saturated heterocycles. The topological polar surface area (TPSA) is 22.1 Å². The zero-order chi connectivity index (χ0) is 13.4. The van der Waals surface area contributed by atoms with Crippen molar-refractivity contribution in [2.45, 2.75) is 58.2 Å². The number of aromatic nitrogens is 1. The number of pyridine rings is 1. The van der Waals surface area contributed by atoms with Crippen molar-refractivity contribution >= 4 is 13.3 Å². The molecule has 0 aliphatic rings.